The first-order valence-electron chi connectivity index (χ1n) is 9.58. The second kappa shape index (κ2) is 10.1. The van der Waals surface area contributed by atoms with Crippen LogP contribution >= 0.6 is 0 Å². The molecule has 0 fully saturated rings. The number of hydroxylamine groups is 1. The van der Waals surface area contributed by atoms with E-state index >= 15 is 0 Å². The molecule has 2 heterocycles. The normalized spacial score (nSPS) is 11.5. The minimum Gasteiger partial charge on any atom is -0.480 e. The molecule has 0 saturated heterocycles. The summed E-state index contributed by atoms with van der Waals surface area (Å²) in [6.45, 7) is 0.228. The monoisotopic (exact) mass is 456 g/mol. The minimum absolute atomic E-state index is 0.0536. The molecule has 0 spiro atoms. The first-order chi connectivity index (χ1) is 15.8. The number of carbonyl (C=O) groups excluding carboxylic acids is 2. The van der Waals surface area contributed by atoms with Crippen LogP contribution in [-0.4, -0.2) is 54.1 Å². The Morgan fingerprint density at radius 3 is 2.55 bits per heavy atom. The zero-order valence-electron chi connectivity index (χ0n) is 17.0. The second-order valence-electron chi connectivity index (χ2n) is 6.85. The van der Waals surface area contributed by atoms with Gasteiger partial charge in [-0.25, -0.2) is 20.2 Å². The van der Waals surface area contributed by atoms with E-state index < -0.39 is 29.4 Å². The molecule has 1 atom stereocenters. The van der Waals surface area contributed by atoms with Crippen LogP contribution in [-0.2, 0) is 16.1 Å². The van der Waals surface area contributed by atoms with E-state index in [4.69, 9.17) is 10.9 Å². The van der Waals surface area contributed by atoms with Gasteiger partial charge in [0.25, 0.3) is 11.5 Å². The van der Waals surface area contributed by atoms with E-state index in [2.05, 4.69) is 30.6 Å². The van der Waals surface area contributed by atoms with E-state index in [1.54, 1.807) is 12.1 Å². The molecule has 8 N–H and O–H groups in total. The van der Waals surface area contributed by atoms with Gasteiger partial charge >= 0.3 is 5.97 Å². The molecule has 1 aromatic carbocycles. The summed E-state index contributed by atoms with van der Waals surface area (Å²) in [6.07, 6.45) is 0.987. The van der Waals surface area contributed by atoms with E-state index in [0.29, 0.717) is 11.4 Å². The molecule has 0 aliphatic rings. The average Bonchev–Trinajstić information content (AvgIpc) is 2.80. The van der Waals surface area contributed by atoms with E-state index in [-0.39, 0.29) is 42.1 Å². The number of carboxylic acid groups (broad SMARTS) is 1. The van der Waals surface area contributed by atoms with Gasteiger partial charge in [0.15, 0.2) is 11.2 Å². The van der Waals surface area contributed by atoms with Crippen molar-refractivity contribution in [3.05, 3.63) is 52.1 Å². The summed E-state index contributed by atoms with van der Waals surface area (Å²) in [7, 11) is 0. The van der Waals surface area contributed by atoms with Crippen LogP contribution in [0.3, 0.4) is 0 Å². The standard InChI is InChI=1S/C19H20N8O6/c20-19-25-15-14(17(30)26-19)23-11(8-22-15)7-21-10-3-1-9(2-4-10)16(29)24-12(18(31)32)5-6-13(28)27-33/h1-4,8,12,21,33H,5-7H2,(H,24,29)(H,27,28)(H,31,32)(H3,20,22,25,26,30)/t12-/m0/s1. The van der Waals surface area contributed by atoms with E-state index in [0.717, 1.165) is 0 Å². The lowest BCUT2D eigenvalue weighted by Gasteiger charge is -2.14. The Morgan fingerprint density at radius 1 is 1.15 bits per heavy atom. The number of aromatic amines is 1. The van der Waals surface area contributed by atoms with Crippen LogP contribution < -0.4 is 27.4 Å². The number of nitrogens with one attached hydrogen (secondary N) is 4. The van der Waals surface area contributed by atoms with Gasteiger partial charge < -0.3 is 21.5 Å². The topological polar surface area (TPSA) is 225 Å². The highest BCUT2D eigenvalue weighted by Gasteiger charge is 2.21. The third-order valence-electron chi connectivity index (χ3n) is 4.50. The number of rotatable bonds is 9. The maximum absolute atomic E-state index is 12.3. The quantitative estimate of drug-likeness (QED) is 0.158. The van der Waals surface area contributed by atoms with Crippen molar-refractivity contribution in [1.82, 2.24) is 30.7 Å². The Hall–Kier alpha value is -4.59. The second-order valence-corrected chi connectivity index (χ2v) is 6.85. The van der Waals surface area contributed by atoms with Gasteiger partial charge in [-0.15, -0.1) is 0 Å². The van der Waals surface area contributed by atoms with Crippen molar-refractivity contribution in [1.29, 1.82) is 0 Å². The van der Waals surface area contributed by atoms with Crippen molar-refractivity contribution in [3.8, 4) is 0 Å². The van der Waals surface area contributed by atoms with Gasteiger partial charge in [0.2, 0.25) is 11.9 Å². The van der Waals surface area contributed by atoms with Crippen LogP contribution in [0, 0.1) is 0 Å². The van der Waals surface area contributed by atoms with Crippen LogP contribution in [0.1, 0.15) is 28.9 Å². The summed E-state index contributed by atoms with van der Waals surface area (Å²) in [5.74, 6) is -2.75. The summed E-state index contributed by atoms with van der Waals surface area (Å²) < 4.78 is 0. The SMILES string of the molecule is Nc1nc2ncc(CNc3ccc(C(=O)N[C@@H](CCC(=O)NO)C(=O)O)cc3)nc2c(=O)[nH]1. The average molecular weight is 456 g/mol. The Balaban J connectivity index is 1.61. The molecule has 172 valence electrons. The van der Waals surface area contributed by atoms with Gasteiger partial charge in [0, 0.05) is 17.7 Å². The molecule has 3 rings (SSSR count). The fourth-order valence-electron chi connectivity index (χ4n) is 2.82. The number of carbonyl (C=O) groups is 3. The number of carboxylic acids is 1. The largest absolute Gasteiger partial charge is 0.480 e. The number of anilines is 2. The van der Waals surface area contributed by atoms with Gasteiger partial charge in [0.1, 0.15) is 6.04 Å². The number of aromatic nitrogens is 4. The number of hydrogen-bond donors (Lipinski definition) is 7. The number of amides is 2. The zero-order chi connectivity index (χ0) is 24.0. The van der Waals surface area contributed by atoms with Gasteiger partial charge in [-0.1, -0.05) is 0 Å². The van der Waals surface area contributed by atoms with Gasteiger partial charge in [0.05, 0.1) is 18.4 Å². The van der Waals surface area contributed by atoms with Crippen molar-refractivity contribution >= 4 is 40.6 Å². The summed E-state index contributed by atoms with van der Waals surface area (Å²) in [6, 6.07) is 4.88. The molecule has 0 radical (unpaired) electrons. The van der Waals surface area contributed by atoms with Crippen molar-refractivity contribution in [2.75, 3.05) is 11.1 Å². The molecule has 3 aromatic rings. The predicted octanol–water partition coefficient (Wildman–Crippen LogP) is -0.624. The molecule has 0 saturated carbocycles. The highest BCUT2D eigenvalue weighted by molar-refractivity contribution is 5.97. The van der Waals surface area contributed by atoms with Crippen molar-refractivity contribution in [2.24, 2.45) is 0 Å². The molecule has 14 nitrogen and oxygen atoms in total. The maximum Gasteiger partial charge on any atom is 0.326 e. The fourth-order valence-corrected chi connectivity index (χ4v) is 2.82. The first kappa shape index (κ1) is 23.1. The zero-order valence-corrected chi connectivity index (χ0v) is 17.0. The van der Waals surface area contributed by atoms with Crippen LogP contribution in [0.15, 0.2) is 35.3 Å². The Labute approximate surface area is 185 Å². The lowest BCUT2D eigenvalue weighted by Crippen LogP contribution is -2.41. The summed E-state index contributed by atoms with van der Waals surface area (Å²) in [5, 5.41) is 23.1. The van der Waals surface area contributed by atoms with Crippen molar-refractivity contribution in [3.63, 3.8) is 0 Å². The Bertz CT molecular complexity index is 1240. The predicted molar refractivity (Wildman–Crippen MR) is 114 cm³/mol. The highest BCUT2D eigenvalue weighted by atomic mass is 16.5. The fraction of sp³-hybridized carbons (Fsp3) is 0.211. The van der Waals surface area contributed by atoms with Crippen LogP contribution in [0.4, 0.5) is 11.6 Å². The lowest BCUT2D eigenvalue weighted by molar-refractivity contribution is -0.139. The number of benzene rings is 1. The molecule has 2 aromatic heterocycles. The van der Waals surface area contributed by atoms with E-state index in [1.165, 1.54) is 23.8 Å². The van der Waals surface area contributed by atoms with Crippen LogP contribution in [0.5, 0.6) is 0 Å². The van der Waals surface area contributed by atoms with E-state index in [1.807, 2.05) is 0 Å². The van der Waals surface area contributed by atoms with E-state index in [9.17, 15) is 24.3 Å². The number of aliphatic carboxylic acids is 1. The minimum atomic E-state index is -1.31. The Morgan fingerprint density at radius 2 is 1.88 bits per heavy atom. The third kappa shape index (κ3) is 5.98. The van der Waals surface area contributed by atoms with Gasteiger partial charge in [-0.3, -0.25) is 24.6 Å². The van der Waals surface area contributed by atoms with Gasteiger partial charge in [-0.05, 0) is 30.7 Å². The van der Waals surface area contributed by atoms with Crippen LogP contribution in [0.2, 0.25) is 0 Å². The number of nitrogen functional groups attached to an aromatic ring is 1. The molecule has 0 unspecified atom stereocenters. The smallest absolute Gasteiger partial charge is 0.326 e. The number of nitrogens with zero attached hydrogens (tertiary/aromatic N) is 3. The summed E-state index contributed by atoms with van der Waals surface area (Å²) >= 11 is 0. The molecule has 0 bridgehead atoms. The summed E-state index contributed by atoms with van der Waals surface area (Å²) in [5.41, 5.74) is 7.87. The Kier molecular flexibility index (Phi) is 7.10. The molecule has 14 heteroatoms. The molecular formula is C19H20N8O6. The maximum atomic E-state index is 12.3. The first-order valence-corrected chi connectivity index (χ1v) is 9.58. The number of nitrogens with two attached hydrogens (primary N) is 1. The number of fused-ring (bicyclic) bond motifs is 1. The summed E-state index contributed by atoms with van der Waals surface area (Å²) in [4.78, 5) is 61.2. The number of H-pyrrole nitrogens is 1. The third-order valence-corrected chi connectivity index (χ3v) is 4.50. The molecule has 0 aliphatic carbocycles. The van der Waals surface area contributed by atoms with Crippen LogP contribution in [0.25, 0.3) is 11.2 Å². The number of hydrogen-bond acceptors (Lipinski definition) is 10. The lowest BCUT2D eigenvalue weighted by atomic mass is 10.1. The molecule has 2 amide bonds. The van der Waals surface area contributed by atoms with Crippen molar-refractivity contribution < 1.29 is 24.7 Å². The molecular weight excluding hydrogens is 436 g/mol. The molecule has 0 aliphatic heterocycles. The molecule has 33 heavy (non-hydrogen) atoms. The highest BCUT2D eigenvalue weighted by Crippen LogP contribution is 2.12. The van der Waals surface area contributed by atoms with Gasteiger partial charge in [-0.2, -0.15) is 4.98 Å². The van der Waals surface area contributed by atoms with Crippen molar-refractivity contribution in [2.45, 2.75) is 25.4 Å².